The second kappa shape index (κ2) is 10.0. The summed E-state index contributed by atoms with van der Waals surface area (Å²) >= 11 is 0. The predicted octanol–water partition coefficient (Wildman–Crippen LogP) is 6.15. The van der Waals surface area contributed by atoms with Gasteiger partial charge in [-0.25, -0.2) is 0 Å². The van der Waals surface area contributed by atoms with Crippen molar-refractivity contribution in [3.8, 4) is 0 Å². The Kier molecular flexibility index (Phi) is 8.68. The summed E-state index contributed by atoms with van der Waals surface area (Å²) in [5.74, 6) is 0.776. The zero-order chi connectivity index (χ0) is 20.7. The maximum absolute atomic E-state index is 3.98. The standard InChI is InChI=1S/C25H41N2/c1-20(11-10-12-21(2)15-16-26-6)13-14-24-22(3)17-23(18-25(24,4)5)19-27(7,8)9/h10-16,23H,17-19H2,1-9H3/q+1/b12-10+,14-13+,20-11+,21-15+,26-16?. The van der Waals surface area contributed by atoms with Crippen molar-refractivity contribution in [2.75, 3.05) is 34.7 Å². The fraction of sp³-hybridized carbons (Fsp3) is 0.560. The third kappa shape index (κ3) is 8.71. The zero-order valence-electron chi connectivity index (χ0n) is 19.1. The van der Waals surface area contributed by atoms with E-state index in [1.807, 2.05) is 12.3 Å². The molecule has 0 aromatic rings. The average Bonchev–Trinajstić information content (AvgIpc) is 2.49. The highest BCUT2D eigenvalue weighted by Gasteiger charge is 2.34. The van der Waals surface area contributed by atoms with E-state index in [4.69, 9.17) is 0 Å². The van der Waals surface area contributed by atoms with E-state index < -0.39 is 0 Å². The van der Waals surface area contributed by atoms with Crippen molar-refractivity contribution in [1.82, 2.24) is 0 Å². The van der Waals surface area contributed by atoms with Gasteiger partial charge in [-0.1, -0.05) is 55.4 Å². The Morgan fingerprint density at radius 3 is 2.30 bits per heavy atom. The minimum atomic E-state index is 0.244. The van der Waals surface area contributed by atoms with E-state index in [1.165, 1.54) is 36.1 Å². The summed E-state index contributed by atoms with van der Waals surface area (Å²) in [5, 5.41) is 0. The monoisotopic (exact) mass is 369 g/mol. The van der Waals surface area contributed by atoms with E-state index in [0.29, 0.717) is 0 Å². The second-order valence-electron chi connectivity index (χ2n) is 9.75. The fourth-order valence-electron chi connectivity index (χ4n) is 4.17. The van der Waals surface area contributed by atoms with Crippen LogP contribution >= 0.6 is 0 Å². The van der Waals surface area contributed by atoms with Gasteiger partial charge in [0, 0.05) is 19.2 Å². The first-order valence-corrected chi connectivity index (χ1v) is 10.1. The first kappa shape index (κ1) is 23.4. The first-order chi connectivity index (χ1) is 12.4. The summed E-state index contributed by atoms with van der Waals surface area (Å²) in [5.41, 5.74) is 5.79. The molecule has 0 saturated carbocycles. The molecule has 0 bridgehead atoms. The molecule has 0 N–H and O–H groups in total. The summed E-state index contributed by atoms with van der Waals surface area (Å²) in [6, 6.07) is 0. The molecule has 1 rings (SSSR count). The Bertz CT molecular complexity index is 674. The molecule has 2 heteroatoms. The maximum atomic E-state index is 3.98. The topological polar surface area (TPSA) is 12.4 Å². The molecule has 0 amide bonds. The van der Waals surface area contributed by atoms with Crippen molar-refractivity contribution in [2.45, 2.75) is 47.5 Å². The molecule has 0 aromatic carbocycles. The van der Waals surface area contributed by atoms with E-state index in [9.17, 15) is 0 Å². The number of allylic oxidation sites excluding steroid dienone is 10. The molecule has 1 aliphatic rings. The minimum Gasteiger partial charge on any atom is -0.331 e. The van der Waals surface area contributed by atoms with Gasteiger partial charge in [-0.2, -0.15) is 0 Å². The van der Waals surface area contributed by atoms with Crippen LogP contribution in [0.5, 0.6) is 0 Å². The highest BCUT2D eigenvalue weighted by molar-refractivity contribution is 5.72. The van der Waals surface area contributed by atoms with Gasteiger partial charge in [0.15, 0.2) is 0 Å². The molecule has 150 valence electrons. The lowest BCUT2D eigenvalue weighted by molar-refractivity contribution is -0.874. The number of rotatable bonds is 7. The van der Waals surface area contributed by atoms with Crippen molar-refractivity contribution in [1.29, 1.82) is 0 Å². The van der Waals surface area contributed by atoms with Gasteiger partial charge in [0.25, 0.3) is 0 Å². The zero-order valence-corrected chi connectivity index (χ0v) is 19.1. The number of quaternary nitrogens is 1. The van der Waals surface area contributed by atoms with Crippen molar-refractivity contribution in [3.63, 3.8) is 0 Å². The molecule has 0 aliphatic heterocycles. The summed E-state index contributed by atoms with van der Waals surface area (Å²) < 4.78 is 1.05. The van der Waals surface area contributed by atoms with Crippen LogP contribution in [0.4, 0.5) is 0 Å². The molecular weight excluding hydrogens is 328 g/mol. The summed E-state index contributed by atoms with van der Waals surface area (Å²) in [4.78, 5) is 3.98. The molecule has 1 atom stereocenters. The van der Waals surface area contributed by atoms with Gasteiger partial charge in [0.05, 0.1) is 27.7 Å². The Labute approximate surface area is 168 Å². The molecule has 27 heavy (non-hydrogen) atoms. The number of nitrogens with zero attached hydrogens (tertiary/aromatic N) is 2. The van der Waals surface area contributed by atoms with Crippen LogP contribution in [0.25, 0.3) is 0 Å². The largest absolute Gasteiger partial charge is 0.331 e. The molecule has 2 nitrogen and oxygen atoms in total. The van der Waals surface area contributed by atoms with E-state index in [-0.39, 0.29) is 5.41 Å². The third-order valence-corrected chi connectivity index (χ3v) is 5.11. The van der Waals surface area contributed by atoms with Crippen LogP contribution in [0.3, 0.4) is 0 Å². The quantitative estimate of drug-likeness (QED) is 0.290. The maximum Gasteiger partial charge on any atom is 0.0812 e. The van der Waals surface area contributed by atoms with E-state index in [0.717, 1.165) is 10.4 Å². The third-order valence-electron chi connectivity index (χ3n) is 5.11. The molecule has 0 aromatic heterocycles. The van der Waals surface area contributed by atoms with Crippen molar-refractivity contribution in [2.24, 2.45) is 16.3 Å². The Balaban J connectivity index is 2.87. The Hall–Kier alpha value is -1.67. The Morgan fingerprint density at radius 2 is 1.74 bits per heavy atom. The number of hydrogen-bond acceptors (Lipinski definition) is 1. The lowest BCUT2D eigenvalue weighted by Crippen LogP contribution is -2.41. The van der Waals surface area contributed by atoms with Crippen LogP contribution in [-0.4, -0.2) is 45.4 Å². The summed E-state index contributed by atoms with van der Waals surface area (Å²) in [6.45, 7) is 12.6. The lowest BCUT2D eigenvalue weighted by atomic mass is 9.68. The van der Waals surface area contributed by atoms with Crippen LogP contribution in [-0.2, 0) is 0 Å². The average molecular weight is 370 g/mol. The van der Waals surface area contributed by atoms with Crippen molar-refractivity contribution < 1.29 is 4.48 Å². The fourth-order valence-corrected chi connectivity index (χ4v) is 4.17. The van der Waals surface area contributed by atoms with Gasteiger partial charge in [-0.05, 0) is 56.3 Å². The molecular formula is C25H41N2+. The smallest absolute Gasteiger partial charge is 0.0812 e. The SMILES string of the molecule is CN=C/C=C(C)/C=C/C=C(C)/C=C/C1=C(C)CC(C[N+](C)(C)C)CC1(C)C. The highest BCUT2D eigenvalue weighted by Crippen LogP contribution is 2.44. The molecule has 0 radical (unpaired) electrons. The van der Waals surface area contributed by atoms with Crippen LogP contribution in [0.15, 0.2) is 63.7 Å². The summed E-state index contributed by atoms with van der Waals surface area (Å²) in [6.07, 6.45) is 17.3. The molecule has 1 unspecified atom stereocenters. The van der Waals surface area contributed by atoms with E-state index >= 15 is 0 Å². The Morgan fingerprint density at radius 1 is 1.11 bits per heavy atom. The van der Waals surface area contributed by atoms with Crippen LogP contribution in [0, 0.1) is 11.3 Å². The van der Waals surface area contributed by atoms with Gasteiger partial charge in [-0.3, -0.25) is 4.99 Å². The summed E-state index contributed by atoms with van der Waals surface area (Å²) in [7, 11) is 8.69. The molecule has 0 spiro atoms. The first-order valence-electron chi connectivity index (χ1n) is 10.1. The number of aliphatic imine (C=N–C) groups is 1. The van der Waals surface area contributed by atoms with Gasteiger partial charge in [-0.15, -0.1) is 0 Å². The van der Waals surface area contributed by atoms with Gasteiger partial charge in [0.2, 0.25) is 0 Å². The molecule has 0 saturated heterocycles. The lowest BCUT2D eigenvalue weighted by Gasteiger charge is -2.40. The van der Waals surface area contributed by atoms with Crippen molar-refractivity contribution in [3.05, 3.63) is 58.7 Å². The van der Waals surface area contributed by atoms with Gasteiger partial charge < -0.3 is 4.48 Å². The molecule has 1 aliphatic carbocycles. The van der Waals surface area contributed by atoms with Crippen molar-refractivity contribution >= 4 is 6.21 Å². The van der Waals surface area contributed by atoms with Gasteiger partial charge >= 0.3 is 0 Å². The molecule has 0 fully saturated rings. The normalized spacial score (nSPS) is 22.6. The van der Waals surface area contributed by atoms with Gasteiger partial charge in [0.1, 0.15) is 0 Å². The molecule has 0 heterocycles. The van der Waals surface area contributed by atoms with E-state index in [1.54, 1.807) is 12.6 Å². The minimum absolute atomic E-state index is 0.244. The van der Waals surface area contributed by atoms with Crippen LogP contribution < -0.4 is 0 Å². The predicted molar refractivity (Wildman–Crippen MR) is 122 cm³/mol. The van der Waals surface area contributed by atoms with E-state index in [2.05, 4.69) is 91.1 Å². The second-order valence-corrected chi connectivity index (χ2v) is 9.75. The number of hydrogen-bond donors (Lipinski definition) is 0. The van der Waals surface area contributed by atoms with Crippen LogP contribution in [0.2, 0.25) is 0 Å². The highest BCUT2D eigenvalue weighted by atomic mass is 15.3. The van der Waals surface area contributed by atoms with Crippen LogP contribution in [0.1, 0.15) is 47.5 Å².